The summed E-state index contributed by atoms with van der Waals surface area (Å²) in [4.78, 5) is 36.4. The number of para-hydroxylation sites is 2. The van der Waals surface area contributed by atoms with Gasteiger partial charge >= 0.3 is 6.03 Å². The Morgan fingerprint density at radius 1 is 1.00 bits per heavy atom. The van der Waals surface area contributed by atoms with Gasteiger partial charge in [-0.3, -0.25) is 4.79 Å². The average Bonchev–Trinajstić information content (AvgIpc) is 3.62. The summed E-state index contributed by atoms with van der Waals surface area (Å²) in [5, 5.41) is 26.8. The summed E-state index contributed by atoms with van der Waals surface area (Å²) in [7, 11) is -2.15. The van der Waals surface area contributed by atoms with Gasteiger partial charge in [0, 0.05) is 33.2 Å². The number of imidazole rings is 1. The van der Waals surface area contributed by atoms with Gasteiger partial charge in [0.25, 0.3) is 0 Å². The van der Waals surface area contributed by atoms with Crippen LogP contribution >= 0.6 is 0 Å². The van der Waals surface area contributed by atoms with E-state index in [-0.39, 0.29) is 42.9 Å². The summed E-state index contributed by atoms with van der Waals surface area (Å²) in [6.45, 7) is 10.3. The summed E-state index contributed by atoms with van der Waals surface area (Å²) in [6, 6.07) is 21.0. The number of aryl methyl sites for hydroxylation is 1. The summed E-state index contributed by atoms with van der Waals surface area (Å²) in [5.74, 6) is 0.230. The summed E-state index contributed by atoms with van der Waals surface area (Å²) < 4.78 is 31.1. The Bertz CT molecular complexity index is 2010. The van der Waals surface area contributed by atoms with E-state index in [2.05, 4.69) is 10.5 Å². The Labute approximate surface area is 312 Å². The normalized spacial score (nSPS) is 15.9. The minimum Gasteiger partial charge on any atom is -0.411 e. The van der Waals surface area contributed by atoms with Crippen molar-refractivity contribution in [3.63, 3.8) is 0 Å². The fourth-order valence-corrected chi connectivity index (χ4v) is 8.49. The number of fused-ring (bicyclic) bond motifs is 1. The van der Waals surface area contributed by atoms with Crippen LogP contribution in [0.3, 0.4) is 0 Å². The number of carbonyl (C=O) groups is 2. The molecule has 14 heteroatoms. The van der Waals surface area contributed by atoms with Gasteiger partial charge in [0.05, 0.1) is 40.8 Å². The Morgan fingerprint density at radius 2 is 1.66 bits per heavy atom. The van der Waals surface area contributed by atoms with E-state index in [9.17, 15) is 23.1 Å². The number of oxime groups is 1. The first-order valence-corrected chi connectivity index (χ1v) is 19.3. The zero-order valence-electron chi connectivity index (χ0n) is 31.3. The zero-order chi connectivity index (χ0) is 38.5. The van der Waals surface area contributed by atoms with E-state index in [1.54, 1.807) is 9.80 Å². The molecule has 1 aromatic heterocycles. The third-order valence-electron chi connectivity index (χ3n) is 9.49. The van der Waals surface area contributed by atoms with E-state index in [4.69, 9.17) is 10.2 Å². The van der Waals surface area contributed by atoms with Gasteiger partial charge < -0.3 is 30.0 Å². The number of urea groups is 1. The molecule has 13 nitrogen and oxygen atoms in total. The van der Waals surface area contributed by atoms with Gasteiger partial charge in [-0.2, -0.15) is 4.31 Å². The number of sulfonamides is 1. The SMILES string of the molecule is CC(C)CN(C[C@H](O)[C@H](Cc1ccccc1)NC(=O)[C@@H](N1CCN(Cc2nc3ccccc3n2C)C1=O)C(C)(C)C)S(=O)(=O)c1ccc(C=NO)cc1. The van der Waals surface area contributed by atoms with Gasteiger partial charge in [-0.1, -0.05) is 94.4 Å². The van der Waals surface area contributed by atoms with Gasteiger partial charge in [-0.15, -0.1) is 0 Å². The molecule has 3 N–H and O–H groups in total. The molecule has 1 aliphatic rings. The molecule has 4 aromatic rings. The van der Waals surface area contributed by atoms with Crippen LogP contribution in [-0.2, 0) is 34.8 Å². The monoisotopic (exact) mass is 745 g/mol. The van der Waals surface area contributed by atoms with Crippen molar-refractivity contribution in [2.24, 2.45) is 23.5 Å². The molecule has 0 bridgehead atoms. The molecular formula is C39H51N7O6S. The highest BCUT2D eigenvalue weighted by atomic mass is 32.2. The van der Waals surface area contributed by atoms with E-state index in [0.717, 1.165) is 22.4 Å². The Hall–Kier alpha value is -4.79. The average molecular weight is 746 g/mol. The molecule has 0 spiro atoms. The molecule has 3 amide bonds. The second-order valence-corrected chi connectivity index (χ2v) is 17.1. The lowest BCUT2D eigenvalue weighted by molar-refractivity contribution is -0.130. The number of rotatable bonds is 15. The molecule has 0 saturated carbocycles. The molecule has 3 aromatic carbocycles. The number of hydrogen-bond acceptors (Lipinski definition) is 8. The summed E-state index contributed by atoms with van der Waals surface area (Å²) in [5.41, 5.74) is 2.48. The third-order valence-corrected chi connectivity index (χ3v) is 11.3. The third kappa shape index (κ3) is 9.24. The van der Waals surface area contributed by atoms with E-state index in [0.29, 0.717) is 18.7 Å². The molecule has 5 rings (SSSR count). The first-order chi connectivity index (χ1) is 25.1. The number of benzene rings is 3. The van der Waals surface area contributed by atoms with E-state index >= 15 is 0 Å². The molecule has 0 unspecified atom stereocenters. The van der Waals surface area contributed by atoms with Crippen molar-refractivity contribution in [1.29, 1.82) is 0 Å². The highest BCUT2D eigenvalue weighted by molar-refractivity contribution is 7.89. The van der Waals surface area contributed by atoms with Crippen molar-refractivity contribution in [3.8, 4) is 0 Å². The second kappa shape index (κ2) is 16.5. The minimum atomic E-state index is -4.07. The van der Waals surface area contributed by atoms with Crippen LogP contribution in [0.1, 0.15) is 51.6 Å². The number of carbonyl (C=O) groups excluding carboxylic acids is 2. The first kappa shape index (κ1) is 39.4. The van der Waals surface area contributed by atoms with Crippen molar-refractivity contribution in [3.05, 3.63) is 95.8 Å². The molecule has 2 heterocycles. The van der Waals surface area contributed by atoms with Gasteiger partial charge in [-0.25, -0.2) is 18.2 Å². The van der Waals surface area contributed by atoms with E-state index in [1.165, 1.54) is 34.8 Å². The standard InChI is InChI=1S/C39H51N7O6S/c1-27(2)24-45(53(51,52)30-18-16-29(17-19-30)23-40-50)25-34(47)32(22-28-12-8-7-9-13-28)42-37(48)36(39(3,4)5)46-21-20-44(38(46)49)26-35-41-31-14-10-11-15-33(31)43(35)6/h7-19,23,27,32,34,36,47,50H,20-22,24-26H2,1-6H3,(H,42,48)/t32-,34-,36+/m0/s1. The van der Waals surface area contributed by atoms with Crippen molar-refractivity contribution >= 4 is 39.2 Å². The molecule has 3 atom stereocenters. The van der Waals surface area contributed by atoms with Crippen molar-refractivity contribution < 1.29 is 28.3 Å². The number of nitrogens with zero attached hydrogens (tertiary/aromatic N) is 6. The maximum Gasteiger partial charge on any atom is 0.321 e. The number of aromatic nitrogens is 2. The minimum absolute atomic E-state index is 0.0209. The quantitative estimate of drug-likeness (QED) is 0.0920. The highest BCUT2D eigenvalue weighted by Crippen LogP contribution is 2.29. The summed E-state index contributed by atoms with van der Waals surface area (Å²) >= 11 is 0. The largest absolute Gasteiger partial charge is 0.411 e. The predicted octanol–water partition coefficient (Wildman–Crippen LogP) is 4.47. The van der Waals surface area contributed by atoms with Crippen LogP contribution in [0.2, 0.25) is 0 Å². The topological polar surface area (TPSA) is 161 Å². The lowest BCUT2D eigenvalue weighted by Crippen LogP contribution is -2.59. The molecule has 1 saturated heterocycles. The van der Waals surface area contributed by atoms with E-state index in [1.807, 2.05) is 101 Å². The zero-order valence-corrected chi connectivity index (χ0v) is 32.1. The van der Waals surface area contributed by atoms with E-state index < -0.39 is 39.5 Å². The second-order valence-electron chi connectivity index (χ2n) is 15.1. The maximum absolute atomic E-state index is 14.4. The van der Waals surface area contributed by atoms with Crippen LogP contribution in [0.5, 0.6) is 0 Å². The van der Waals surface area contributed by atoms with Gasteiger partial charge in [-0.05, 0) is 53.1 Å². The van der Waals surface area contributed by atoms with Crippen LogP contribution in [0.25, 0.3) is 11.0 Å². The lowest BCUT2D eigenvalue weighted by atomic mass is 9.84. The van der Waals surface area contributed by atoms with Crippen molar-refractivity contribution in [2.75, 3.05) is 26.2 Å². The molecule has 284 valence electrons. The molecule has 0 radical (unpaired) electrons. The number of amides is 3. The predicted molar refractivity (Wildman–Crippen MR) is 204 cm³/mol. The Morgan fingerprint density at radius 3 is 2.28 bits per heavy atom. The van der Waals surface area contributed by atoms with Crippen LogP contribution in [0.15, 0.2) is 88.9 Å². The Balaban J connectivity index is 1.39. The number of nitrogens with one attached hydrogen (secondary N) is 1. The van der Waals surface area contributed by atoms with Crippen molar-refractivity contribution in [1.82, 2.24) is 29.0 Å². The van der Waals surface area contributed by atoms with Gasteiger partial charge in [0.1, 0.15) is 11.9 Å². The maximum atomic E-state index is 14.4. The number of aliphatic hydroxyl groups excluding tert-OH is 1. The lowest BCUT2D eigenvalue weighted by Gasteiger charge is -2.38. The fraction of sp³-hybridized carbons (Fsp3) is 0.436. The molecule has 53 heavy (non-hydrogen) atoms. The molecule has 1 aliphatic heterocycles. The van der Waals surface area contributed by atoms with Crippen LogP contribution < -0.4 is 5.32 Å². The highest BCUT2D eigenvalue weighted by Gasteiger charge is 2.44. The Kier molecular flexibility index (Phi) is 12.3. The van der Waals surface area contributed by atoms with Crippen LogP contribution in [0, 0.1) is 11.3 Å². The van der Waals surface area contributed by atoms with Gasteiger partial charge in [0.15, 0.2) is 0 Å². The molecular weight excluding hydrogens is 695 g/mol. The number of aliphatic hydroxyl groups is 1. The smallest absolute Gasteiger partial charge is 0.321 e. The first-order valence-electron chi connectivity index (χ1n) is 17.9. The van der Waals surface area contributed by atoms with Crippen LogP contribution in [-0.4, -0.2) is 105 Å². The fourth-order valence-electron chi connectivity index (χ4n) is 6.87. The van der Waals surface area contributed by atoms with Crippen molar-refractivity contribution in [2.45, 2.75) is 70.7 Å². The van der Waals surface area contributed by atoms with Gasteiger partial charge in [0.2, 0.25) is 15.9 Å². The molecule has 1 fully saturated rings. The molecule has 0 aliphatic carbocycles. The number of hydrogen-bond donors (Lipinski definition) is 3. The summed E-state index contributed by atoms with van der Waals surface area (Å²) in [6.07, 6.45) is 0.114. The van der Waals surface area contributed by atoms with Crippen LogP contribution in [0.4, 0.5) is 4.79 Å².